The molecule has 1 aromatic carbocycles. The standard InChI is InChI=1S/C18H24N2O2S/c1-4-18(5-2,15-10-7-6-8-11-15)14-20-17-16(23(3,21)22)12-9-13-19-17/h6-13H,4-5,14H2,1-3H3,(H,19,20). The third kappa shape index (κ3) is 3.91. The fourth-order valence-corrected chi connectivity index (χ4v) is 3.68. The number of pyridine rings is 1. The van der Waals surface area contributed by atoms with Gasteiger partial charge >= 0.3 is 0 Å². The molecule has 4 nitrogen and oxygen atoms in total. The van der Waals surface area contributed by atoms with Gasteiger partial charge in [-0.2, -0.15) is 0 Å². The number of rotatable bonds is 7. The molecule has 0 saturated carbocycles. The van der Waals surface area contributed by atoms with Crippen LogP contribution < -0.4 is 5.32 Å². The molecule has 0 amide bonds. The molecule has 5 heteroatoms. The molecule has 0 saturated heterocycles. The van der Waals surface area contributed by atoms with Gasteiger partial charge in [0.25, 0.3) is 0 Å². The molecule has 0 aliphatic rings. The highest BCUT2D eigenvalue weighted by molar-refractivity contribution is 7.90. The fraction of sp³-hybridized carbons (Fsp3) is 0.389. The minimum atomic E-state index is -3.30. The first-order chi connectivity index (χ1) is 10.9. The Morgan fingerprint density at radius 2 is 1.70 bits per heavy atom. The molecule has 2 aromatic rings. The van der Waals surface area contributed by atoms with Crippen molar-refractivity contribution >= 4 is 15.7 Å². The van der Waals surface area contributed by atoms with Crippen molar-refractivity contribution < 1.29 is 8.42 Å². The van der Waals surface area contributed by atoms with Crippen LogP contribution in [0.25, 0.3) is 0 Å². The molecule has 0 spiro atoms. The molecule has 0 radical (unpaired) electrons. The average molecular weight is 332 g/mol. The zero-order valence-corrected chi connectivity index (χ0v) is 14.7. The molecule has 124 valence electrons. The van der Waals surface area contributed by atoms with E-state index in [1.165, 1.54) is 11.8 Å². The van der Waals surface area contributed by atoms with Crippen LogP contribution in [-0.2, 0) is 15.3 Å². The van der Waals surface area contributed by atoms with Crippen LogP contribution in [-0.4, -0.2) is 26.2 Å². The summed E-state index contributed by atoms with van der Waals surface area (Å²) in [5, 5.41) is 3.27. The van der Waals surface area contributed by atoms with E-state index in [9.17, 15) is 8.42 Å². The molecule has 1 N–H and O–H groups in total. The molecule has 1 heterocycles. The van der Waals surface area contributed by atoms with Crippen molar-refractivity contribution in [2.45, 2.75) is 37.0 Å². The van der Waals surface area contributed by atoms with E-state index >= 15 is 0 Å². The van der Waals surface area contributed by atoms with Crippen molar-refractivity contribution in [1.29, 1.82) is 0 Å². The van der Waals surface area contributed by atoms with Gasteiger partial charge in [0.2, 0.25) is 0 Å². The fourth-order valence-electron chi connectivity index (χ4n) is 2.88. The Balaban J connectivity index is 2.31. The molecule has 0 unspecified atom stereocenters. The van der Waals surface area contributed by atoms with Crippen LogP contribution in [0.4, 0.5) is 5.82 Å². The van der Waals surface area contributed by atoms with E-state index in [0.717, 1.165) is 12.8 Å². The Labute approximate surface area is 138 Å². The van der Waals surface area contributed by atoms with Crippen LogP contribution in [0.2, 0.25) is 0 Å². The largest absolute Gasteiger partial charge is 0.368 e. The van der Waals surface area contributed by atoms with Gasteiger partial charge in [-0.15, -0.1) is 0 Å². The minimum absolute atomic E-state index is 0.0481. The van der Waals surface area contributed by atoms with Crippen molar-refractivity contribution in [3.63, 3.8) is 0 Å². The lowest BCUT2D eigenvalue weighted by Gasteiger charge is -2.33. The van der Waals surface area contributed by atoms with Gasteiger partial charge in [0.1, 0.15) is 10.7 Å². The number of nitrogens with zero attached hydrogens (tertiary/aromatic N) is 1. The summed E-state index contributed by atoms with van der Waals surface area (Å²) in [6.07, 6.45) is 4.74. The van der Waals surface area contributed by atoms with Crippen LogP contribution in [0, 0.1) is 0 Å². The number of hydrogen-bond acceptors (Lipinski definition) is 4. The number of hydrogen-bond donors (Lipinski definition) is 1. The molecule has 0 fully saturated rings. The van der Waals surface area contributed by atoms with Gasteiger partial charge in [0.15, 0.2) is 9.84 Å². The summed E-state index contributed by atoms with van der Waals surface area (Å²) in [6.45, 7) is 4.96. The maximum Gasteiger partial charge on any atom is 0.179 e. The Morgan fingerprint density at radius 1 is 1.04 bits per heavy atom. The summed E-state index contributed by atoms with van der Waals surface area (Å²) in [5.74, 6) is 0.428. The van der Waals surface area contributed by atoms with Gasteiger partial charge in [-0.3, -0.25) is 0 Å². The molecule has 0 bridgehead atoms. The summed E-state index contributed by atoms with van der Waals surface area (Å²) in [6, 6.07) is 13.6. The van der Waals surface area contributed by atoms with E-state index in [0.29, 0.717) is 12.4 Å². The zero-order chi connectivity index (χ0) is 16.9. The maximum atomic E-state index is 11.9. The topological polar surface area (TPSA) is 59.1 Å². The maximum absolute atomic E-state index is 11.9. The first-order valence-electron chi connectivity index (χ1n) is 7.87. The Morgan fingerprint density at radius 3 is 2.26 bits per heavy atom. The molecule has 23 heavy (non-hydrogen) atoms. The smallest absolute Gasteiger partial charge is 0.179 e. The molecule has 0 aliphatic heterocycles. The van der Waals surface area contributed by atoms with Gasteiger partial charge in [-0.1, -0.05) is 44.2 Å². The van der Waals surface area contributed by atoms with Crippen LogP contribution in [0.15, 0.2) is 53.6 Å². The second kappa shape index (κ2) is 7.13. The van der Waals surface area contributed by atoms with Crippen molar-refractivity contribution in [2.75, 3.05) is 18.1 Å². The van der Waals surface area contributed by atoms with Gasteiger partial charge in [0, 0.05) is 24.4 Å². The lowest BCUT2D eigenvalue weighted by Crippen LogP contribution is -2.33. The first kappa shape index (κ1) is 17.5. The number of sulfone groups is 1. The predicted molar refractivity (Wildman–Crippen MR) is 94.5 cm³/mol. The number of nitrogens with one attached hydrogen (secondary N) is 1. The molecule has 0 atom stereocenters. The Hall–Kier alpha value is -1.88. The average Bonchev–Trinajstić information content (AvgIpc) is 2.57. The molecular formula is C18H24N2O2S. The summed E-state index contributed by atoms with van der Waals surface area (Å²) >= 11 is 0. The van der Waals surface area contributed by atoms with Crippen LogP contribution in [0.3, 0.4) is 0 Å². The number of benzene rings is 1. The van der Waals surface area contributed by atoms with Crippen LogP contribution in [0.5, 0.6) is 0 Å². The predicted octanol–water partition coefficient (Wildman–Crippen LogP) is 3.66. The summed E-state index contributed by atoms with van der Waals surface area (Å²) in [7, 11) is -3.30. The van der Waals surface area contributed by atoms with E-state index in [-0.39, 0.29) is 10.3 Å². The molecular weight excluding hydrogens is 308 g/mol. The number of anilines is 1. The van der Waals surface area contributed by atoms with Crippen LogP contribution >= 0.6 is 0 Å². The monoisotopic (exact) mass is 332 g/mol. The van der Waals surface area contributed by atoms with Gasteiger partial charge < -0.3 is 5.32 Å². The van der Waals surface area contributed by atoms with Crippen molar-refractivity contribution in [1.82, 2.24) is 4.98 Å². The minimum Gasteiger partial charge on any atom is -0.368 e. The van der Waals surface area contributed by atoms with Gasteiger partial charge in [-0.05, 0) is 30.5 Å². The lowest BCUT2D eigenvalue weighted by atomic mass is 9.76. The molecule has 1 aromatic heterocycles. The third-order valence-corrected chi connectivity index (χ3v) is 5.63. The first-order valence-corrected chi connectivity index (χ1v) is 9.76. The quantitative estimate of drug-likeness (QED) is 0.841. The van der Waals surface area contributed by atoms with E-state index in [1.807, 2.05) is 18.2 Å². The third-order valence-electron chi connectivity index (χ3n) is 4.50. The van der Waals surface area contributed by atoms with Gasteiger partial charge in [0.05, 0.1) is 0 Å². The van der Waals surface area contributed by atoms with E-state index < -0.39 is 9.84 Å². The highest BCUT2D eigenvalue weighted by Crippen LogP contribution is 2.32. The second-order valence-corrected chi connectivity index (χ2v) is 7.81. The highest BCUT2D eigenvalue weighted by Gasteiger charge is 2.29. The van der Waals surface area contributed by atoms with Crippen LogP contribution in [0.1, 0.15) is 32.3 Å². The normalized spacial score (nSPS) is 12.1. The zero-order valence-electron chi connectivity index (χ0n) is 13.9. The van der Waals surface area contributed by atoms with Crippen molar-refractivity contribution in [3.05, 3.63) is 54.2 Å². The summed E-state index contributed by atoms with van der Waals surface area (Å²) in [5.41, 5.74) is 1.21. The van der Waals surface area contributed by atoms with E-state index in [4.69, 9.17) is 0 Å². The lowest BCUT2D eigenvalue weighted by molar-refractivity contribution is 0.418. The highest BCUT2D eigenvalue weighted by atomic mass is 32.2. The number of aromatic nitrogens is 1. The van der Waals surface area contributed by atoms with E-state index in [1.54, 1.807) is 18.3 Å². The Kier molecular flexibility index (Phi) is 5.42. The second-order valence-electron chi connectivity index (χ2n) is 5.83. The summed E-state index contributed by atoms with van der Waals surface area (Å²) in [4.78, 5) is 4.46. The van der Waals surface area contributed by atoms with Crippen molar-refractivity contribution in [2.24, 2.45) is 0 Å². The SMILES string of the molecule is CCC(CC)(CNc1ncccc1S(C)(=O)=O)c1ccccc1. The summed E-state index contributed by atoms with van der Waals surface area (Å²) < 4.78 is 23.8. The van der Waals surface area contributed by atoms with Crippen molar-refractivity contribution in [3.8, 4) is 0 Å². The molecule has 0 aliphatic carbocycles. The Bertz CT molecular complexity index is 739. The van der Waals surface area contributed by atoms with Gasteiger partial charge in [-0.25, -0.2) is 13.4 Å². The molecule has 2 rings (SSSR count). The van der Waals surface area contributed by atoms with E-state index in [2.05, 4.69) is 36.3 Å².